The molecule has 0 bridgehead atoms. The van der Waals surface area contributed by atoms with Crippen LogP contribution >= 0.6 is 0 Å². The maximum atomic E-state index is 12.2. The number of nitrogen functional groups attached to an aromatic ring is 1. The molecule has 0 spiro atoms. The largest absolute Gasteiger partial charge is 0.399 e. The van der Waals surface area contributed by atoms with Gasteiger partial charge in [0.15, 0.2) is 0 Å². The third kappa shape index (κ3) is 2.03. The topological polar surface area (TPSA) is 46.3 Å². The zero-order chi connectivity index (χ0) is 11.7. The van der Waals surface area contributed by atoms with Crippen molar-refractivity contribution in [2.24, 2.45) is 0 Å². The number of carbonyl (C=O) groups is 1. The third-order valence-electron chi connectivity index (χ3n) is 3.16. The van der Waals surface area contributed by atoms with Crippen molar-refractivity contribution in [3.05, 3.63) is 29.3 Å². The summed E-state index contributed by atoms with van der Waals surface area (Å²) in [6.45, 7) is 4.93. The van der Waals surface area contributed by atoms with Gasteiger partial charge in [-0.3, -0.25) is 4.79 Å². The number of carbonyl (C=O) groups excluding carboxylic acids is 1. The number of rotatable bonds is 1. The minimum atomic E-state index is 0.111. The molecular weight excluding hydrogens is 200 g/mol. The summed E-state index contributed by atoms with van der Waals surface area (Å²) in [5, 5.41) is 0. The van der Waals surface area contributed by atoms with Crippen molar-refractivity contribution in [2.45, 2.75) is 32.7 Å². The minimum Gasteiger partial charge on any atom is -0.399 e. The fourth-order valence-electron chi connectivity index (χ4n) is 2.34. The van der Waals surface area contributed by atoms with Crippen molar-refractivity contribution in [1.82, 2.24) is 4.90 Å². The molecule has 0 aliphatic carbocycles. The predicted molar refractivity (Wildman–Crippen MR) is 65.3 cm³/mol. The molecule has 3 nitrogen and oxygen atoms in total. The van der Waals surface area contributed by atoms with E-state index in [2.05, 4.69) is 6.92 Å². The van der Waals surface area contributed by atoms with Gasteiger partial charge >= 0.3 is 0 Å². The van der Waals surface area contributed by atoms with Crippen LogP contribution in [-0.2, 0) is 0 Å². The van der Waals surface area contributed by atoms with Crippen molar-refractivity contribution < 1.29 is 4.79 Å². The van der Waals surface area contributed by atoms with Gasteiger partial charge in [-0.1, -0.05) is 0 Å². The van der Waals surface area contributed by atoms with Crippen LogP contribution in [0.25, 0.3) is 0 Å². The van der Waals surface area contributed by atoms with Crippen LogP contribution in [0.2, 0.25) is 0 Å². The molecule has 1 unspecified atom stereocenters. The molecule has 1 aliphatic heterocycles. The molecule has 1 saturated heterocycles. The molecule has 1 aromatic carbocycles. The Balaban J connectivity index is 2.26. The van der Waals surface area contributed by atoms with Crippen molar-refractivity contribution in [3.63, 3.8) is 0 Å². The summed E-state index contributed by atoms with van der Waals surface area (Å²) >= 11 is 0. The number of hydrogen-bond donors (Lipinski definition) is 1. The molecule has 3 heteroatoms. The summed E-state index contributed by atoms with van der Waals surface area (Å²) in [6.07, 6.45) is 2.21. The number of amides is 1. The second-order valence-electron chi connectivity index (χ2n) is 4.62. The standard InChI is InChI=1S/C13H18N2O/c1-9-6-11(8-12(14)7-9)13(16)15-5-3-4-10(15)2/h6-8,10H,3-5,14H2,1-2H3. The quantitative estimate of drug-likeness (QED) is 0.734. The summed E-state index contributed by atoms with van der Waals surface area (Å²) in [5.74, 6) is 0.111. The molecule has 86 valence electrons. The Kier molecular flexibility index (Phi) is 2.86. The van der Waals surface area contributed by atoms with Gasteiger partial charge in [-0.25, -0.2) is 0 Å². The van der Waals surface area contributed by atoms with Crippen LogP contribution in [-0.4, -0.2) is 23.4 Å². The number of aryl methyl sites for hydroxylation is 1. The first-order valence-corrected chi connectivity index (χ1v) is 5.76. The minimum absolute atomic E-state index is 0.111. The van der Waals surface area contributed by atoms with E-state index in [0.717, 1.165) is 24.9 Å². The monoisotopic (exact) mass is 218 g/mol. The van der Waals surface area contributed by atoms with Gasteiger partial charge in [0.1, 0.15) is 0 Å². The Morgan fingerprint density at radius 1 is 1.44 bits per heavy atom. The number of hydrogen-bond acceptors (Lipinski definition) is 2. The van der Waals surface area contributed by atoms with E-state index in [4.69, 9.17) is 5.73 Å². The Bertz CT molecular complexity index is 394. The Morgan fingerprint density at radius 2 is 2.19 bits per heavy atom. The average Bonchev–Trinajstić information content (AvgIpc) is 2.62. The lowest BCUT2D eigenvalue weighted by Gasteiger charge is -2.21. The number of nitrogens with two attached hydrogens (primary N) is 1. The van der Waals surface area contributed by atoms with Gasteiger partial charge in [-0.05, 0) is 50.5 Å². The fraction of sp³-hybridized carbons (Fsp3) is 0.462. The molecule has 0 radical (unpaired) electrons. The first-order valence-electron chi connectivity index (χ1n) is 5.76. The Hall–Kier alpha value is -1.51. The normalized spacial score (nSPS) is 20.1. The summed E-state index contributed by atoms with van der Waals surface area (Å²) < 4.78 is 0. The number of benzene rings is 1. The highest BCUT2D eigenvalue weighted by Crippen LogP contribution is 2.21. The number of anilines is 1. The predicted octanol–water partition coefficient (Wildman–Crippen LogP) is 2.20. The van der Waals surface area contributed by atoms with Crippen molar-refractivity contribution in [3.8, 4) is 0 Å². The number of likely N-dealkylation sites (tertiary alicyclic amines) is 1. The lowest BCUT2D eigenvalue weighted by molar-refractivity contribution is 0.0747. The van der Waals surface area contributed by atoms with E-state index in [1.54, 1.807) is 6.07 Å². The van der Waals surface area contributed by atoms with Gasteiger partial charge in [0, 0.05) is 23.8 Å². The highest BCUT2D eigenvalue weighted by atomic mass is 16.2. The molecule has 1 fully saturated rings. The second-order valence-corrected chi connectivity index (χ2v) is 4.62. The maximum absolute atomic E-state index is 12.2. The van der Waals surface area contributed by atoms with Crippen LogP contribution in [0.4, 0.5) is 5.69 Å². The molecule has 2 N–H and O–H groups in total. The molecule has 1 heterocycles. The number of nitrogens with zero attached hydrogens (tertiary/aromatic N) is 1. The molecule has 2 rings (SSSR count). The summed E-state index contributed by atoms with van der Waals surface area (Å²) in [6, 6.07) is 5.91. The summed E-state index contributed by atoms with van der Waals surface area (Å²) in [5.41, 5.74) is 8.17. The van der Waals surface area contributed by atoms with E-state index in [1.807, 2.05) is 24.0 Å². The van der Waals surface area contributed by atoms with Gasteiger partial charge in [0.05, 0.1) is 0 Å². The van der Waals surface area contributed by atoms with Gasteiger partial charge in [0.2, 0.25) is 0 Å². The van der Waals surface area contributed by atoms with Crippen LogP contribution in [0.3, 0.4) is 0 Å². The van der Waals surface area contributed by atoms with Gasteiger partial charge in [-0.15, -0.1) is 0 Å². The fourth-order valence-corrected chi connectivity index (χ4v) is 2.34. The van der Waals surface area contributed by atoms with E-state index >= 15 is 0 Å². The maximum Gasteiger partial charge on any atom is 0.254 e. The van der Waals surface area contributed by atoms with Crippen LogP contribution < -0.4 is 5.73 Å². The molecule has 1 aromatic rings. The Morgan fingerprint density at radius 3 is 2.75 bits per heavy atom. The smallest absolute Gasteiger partial charge is 0.254 e. The van der Waals surface area contributed by atoms with Gasteiger partial charge < -0.3 is 10.6 Å². The molecule has 1 atom stereocenters. The van der Waals surface area contributed by atoms with E-state index in [0.29, 0.717) is 17.3 Å². The lowest BCUT2D eigenvalue weighted by Crippen LogP contribution is -2.33. The highest BCUT2D eigenvalue weighted by Gasteiger charge is 2.25. The Labute approximate surface area is 96.2 Å². The molecule has 16 heavy (non-hydrogen) atoms. The lowest BCUT2D eigenvalue weighted by atomic mass is 10.1. The van der Waals surface area contributed by atoms with Crippen LogP contribution in [0.15, 0.2) is 18.2 Å². The molecule has 0 aromatic heterocycles. The van der Waals surface area contributed by atoms with E-state index < -0.39 is 0 Å². The zero-order valence-electron chi connectivity index (χ0n) is 9.86. The van der Waals surface area contributed by atoms with Crippen molar-refractivity contribution in [2.75, 3.05) is 12.3 Å². The third-order valence-corrected chi connectivity index (χ3v) is 3.16. The van der Waals surface area contributed by atoms with Crippen LogP contribution in [0.5, 0.6) is 0 Å². The van der Waals surface area contributed by atoms with E-state index in [-0.39, 0.29) is 5.91 Å². The average molecular weight is 218 g/mol. The first-order chi connectivity index (χ1) is 7.58. The van der Waals surface area contributed by atoms with E-state index in [9.17, 15) is 4.79 Å². The molecule has 1 aliphatic rings. The van der Waals surface area contributed by atoms with Gasteiger partial charge in [-0.2, -0.15) is 0 Å². The van der Waals surface area contributed by atoms with Gasteiger partial charge in [0.25, 0.3) is 5.91 Å². The summed E-state index contributed by atoms with van der Waals surface area (Å²) in [7, 11) is 0. The SMILES string of the molecule is Cc1cc(N)cc(C(=O)N2CCCC2C)c1. The van der Waals surface area contributed by atoms with Crippen molar-refractivity contribution in [1.29, 1.82) is 0 Å². The van der Waals surface area contributed by atoms with E-state index in [1.165, 1.54) is 0 Å². The molecule has 0 saturated carbocycles. The highest BCUT2D eigenvalue weighted by molar-refractivity contribution is 5.95. The van der Waals surface area contributed by atoms with Crippen LogP contribution in [0.1, 0.15) is 35.7 Å². The summed E-state index contributed by atoms with van der Waals surface area (Å²) in [4.78, 5) is 14.2. The van der Waals surface area contributed by atoms with Crippen LogP contribution in [0, 0.1) is 6.92 Å². The first kappa shape index (κ1) is 11.0. The van der Waals surface area contributed by atoms with Crippen molar-refractivity contribution >= 4 is 11.6 Å². The molecular formula is C13H18N2O. The zero-order valence-corrected chi connectivity index (χ0v) is 9.86. The molecule has 1 amide bonds. The second kappa shape index (κ2) is 4.16.